The van der Waals surface area contributed by atoms with Crippen molar-refractivity contribution >= 4 is 34.8 Å². The van der Waals surface area contributed by atoms with Crippen LogP contribution in [0.1, 0.15) is 49.1 Å². The zero-order valence-electron chi connectivity index (χ0n) is 28.3. The third kappa shape index (κ3) is 7.52. The predicted molar refractivity (Wildman–Crippen MR) is 176 cm³/mol. The molecule has 0 atom stereocenters. The van der Waals surface area contributed by atoms with Gasteiger partial charge in [0.15, 0.2) is 18.1 Å². The standard InChI is InChI=1S/C36H37N5O10/c1-39(2)17-25-28(46-19-22-3-4-22)8-6-24-26(38-51-32(24)25)7-5-21-11-13-40(14-12-21)18-27-33-34-35(50-36(45)23(16-37)15-31(44)49-34)41(27)20-47-29(42)9-10-30(43)48-33/h6,8-10,15,21-22H,3-5,7,11-14,17-20H2,1-2H3/b10-9+,23-15+. The molecular weight excluding hydrogens is 662 g/mol. The van der Waals surface area contributed by atoms with Crippen LogP contribution in [0.3, 0.4) is 0 Å². The van der Waals surface area contributed by atoms with Crippen LogP contribution in [0, 0.1) is 23.2 Å². The number of nitriles is 1. The number of hydrogen-bond donors (Lipinski definition) is 0. The first-order valence-corrected chi connectivity index (χ1v) is 16.9. The van der Waals surface area contributed by atoms with Gasteiger partial charge in [0.1, 0.15) is 17.4 Å². The smallest absolute Gasteiger partial charge is 0.355 e. The lowest BCUT2D eigenvalue weighted by molar-refractivity contribution is -0.142. The third-order valence-corrected chi connectivity index (χ3v) is 9.41. The molecule has 0 spiro atoms. The van der Waals surface area contributed by atoms with Crippen LogP contribution in [0.2, 0.25) is 0 Å². The first kappa shape index (κ1) is 34.0. The third-order valence-electron chi connectivity index (χ3n) is 9.41. The number of nitrogens with zero attached hydrogens (tertiary/aromatic N) is 5. The van der Waals surface area contributed by atoms with E-state index in [-0.39, 0.29) is 23.9 Å². The van der Waals surface area contributed by atoms with E-state index in [0.29, 0.717) is 43.2 Å². The molecule has 4 aliphatic rings. The van der Waals surface area contributed by atoms with Gasteiger partial charge >= 0.3 is 23.9 Å². The lowest BCUT2D eigenvalue weighted by Crippen LogP contribution is -2.34. The minimum absolute atomic E-state index is 0.151. The normalized spacial score (nSPS) is 20.2. The van der Waals surface area contributed by atoms with Crippen LogP contribution in [0.25, 0.3) is 11.0 Å². The molecule has 3 aromatic rings. The average Bonchev–Trinajstić information content (AvgIpc) is 3.80. The molecule has 1 saturated heterocycles. The van der Waals surface area contributed by atoms with Gasteiger partial charge in [0.2, 0.25) is 5.75 Å². The number of carbonyl (C=O) groups excluding carboxylic acids is 4. The molecule has 2 aromatic heterocycles. The van der Waals surface area contributed by atoms with E-state index >= 15 is 0 Å². The van der Waals surface area contributed by atoms with Crippen LogP contribution in [0.15, 0.2) is 40.5 Å². The number of aryl methyl sites for hydroxylation is 1. The maximum absolute atomic E-state index is 12.7. The van der Waals surface area contributed by atoms with E-state index in [1.165, 1.54) is 17.4 Å². The Balaban J connectivity index is 1.05. The second-order valence-corrected chi connectivity index (χ2v) is 13.5. The number of cyclic esters (lactones) is 1. The molecule has 3 aliphatic heterocycles. The zero-order valence-corrected chi connectivity index (χ0v) is 28.3. The number of hydrogen-bond acceptors (Lipinski definition) is 14. The molecule has 0 unspecified atom stereocenters. The van der Waals surface area contributed by atoms with Crippen molar-refractivity contribution in [1.29, 1.82) is 5.26 Å². The molecule has 1 saturated carbocycles. The van der Waals surface area contributed by atoms with E-state index < -0.39 is 36.2 Å². The van der Waals surface area contributed by atoms with Gasteiger partial charge in [-0.2, -0.15) is 5.26 Å². The zero-order chi connectivity index (χ0) is 35.6. The summed E-state index contributed by atoms with van der Waals surface area (Å²) in [5.41, 5.74) is 2.41. The fourth-order valence-corrected chi connectivity index (χ4v) is 6.51. The molecule has 2 bridgehead atoms. The number of rotatable bonds is 10. The Morgan fingerprint density at radius 1 is 0.961 bits per heavy atom. The number of esters is 4. The molecule has 1 aliphatic carbocycles. The number of carbonyl (C=O) groups is 4. The Hall–Kier alpha value is -5.46. The minimum atomic E-state index is -1.12. The van der Waals surface area contributed by atoms with Gasteiger partial charge in [0.05, 0.1) is 23.6 Å². The first-order chi connectivity index (χ1) is 24.7. The van der Waals surface area contributed by atoms with Crippen LogP contribution in [0.5, 0.6) is 23.1 Å². The molecule has 15 heteroatoms. The van der Waals surface area contributed by atoms with Gasteiger partial charge in [0.25, 0.3) is 5.88 Å². The molecule has 5 heterocycles. The molecule has 1 aromatic carbocycles. The Morgan fingerprint density at radius 2 is 1.73 bits per heavy atom. The van der Waals surface area contributed by atoms with Crippen molar-refractivity contribution in [2.75, 3.05) is 33.8 Å². The SMILES string of the molecule is CN(C)Cc1c(OCC2CC2)ccc2c(CCC3CCN(Cc4c5c6c(n4COC(=O)/C=C/C(=O)O5)OC(=O)/C(C#N)=C/C(=O)O6)CC3)noc12. The molecule has 15 nitrogen and oxygen atoms in total. The lowest BCUT2D eigenvalue weighted by Gasteiger charge is -2.32. The summed E-state index contributed by atoms with van der Waals surface area (Å²) in [5.74, 6) is -2.83. The maximum atomic E-state index is 12.7. The summed E-state index contributed by atoms with van der Waals surface area (Å²) in [6.45, 7) is 2.51. The highest BCUT2D eigenvalue weighted by Gasteiger charge is 2.36. The average molecular weight is 700 g/mol. The van der Waals surface area contributed by atoms with E-state index in [1.54, 1.807) is 6.07 Å². The summed E-state index contributed by atoms with van der Waals surface area (Å²) in [4.78, 5) is 54.4. The second kappa shape index (κ2) is 14.4. The predicted octanol–water partition coefficient (Wildman–Crippen LogP) is 3.57. The summed E-state index contributed by atoms with van der Waals surface area (Å²) in [6.07, 6.45) is 8.32. The number of benzene rings is 1. The minimum Gasteiger partial charge on any atom is -0.493 e. The van der Waals surface area contributed by atoms with Gasteiger partial charge < -0.3 is 33.1 Å². The van der Waals surface area contributed by atoms with Crippen molar-refractivity contribution in [2.24, 2.45) is 11.8 Å². The quantitative estimate of drug-likeness (QED) is 0.281. The van der Waals surface area contributed by atoms with Crippen LogP contribution >= 0.6 is 0 Å². The van der Waals surface area contributed by atoms with E-state index in [4.69, 9.17) is 28.2 Å². The summed E-state index contributed by atoms with van der Waals surface area (Å²) < 4.78 is 35.1. The Kier molecular flexibility index (Phi) is 9.61. The van der Waals surface area contributed by atoms with Gasteiger partial charge in [0, 0.05) is 36.7 Å². The fraction of sp³-hybridized carbons (Fsp3) is 0.444. The van der Waals surface area contributed by atoms with Gasteiger partial charge in [-0.25, -0.2) is 19.2 Å². The first-order valence-electron chi connectivity index (χ1n) is 16.9. The number of likely N-dealkylation sites (tertiary alicyclic amines) is 1. The van der Waals surface area contributed by atoms with Crippen molar-refractivity contribution < 1.29 is 47.4 Å². The summed E-state index contributed by atoms with van der Waals surface area (Å²) >= 11 is 0. The molecule has 0 N–H and O–H groups in total. The number of piperidine rings is 1. The molecule has 51 heavy (non-hydrogen) atoms. The van der Waals surface area contributed by atoms with E-state index in [0.717, 1.165) is 72.4 Å². The van der Waals surface area contributed by atoms with Gasteiger partial charge in [-0.15, -0.1) is 0 Å². The van der Waals surface area contributed by atoms with Crippen molar-refractivity contribution in [3.05, 3.63) is 52.9 Å². The molecule has 0 amide bonds. The van der Waals surface area contributed by atoms with Gasteiger partial charge in [-0.3, -0.25) is 9.47 Å². The molecular formula is C36H37N5O10. The van der Waals surface area contributed by atoms with Gasteiger partial charge in [-0.05, 0) is 89.7 Å². The summed E-state index contributed by atoms with van der Waals surface area (Å²) in [6, 6.07) is 5.69. The van der Waals surface area contributed by atoms with E-state index in [2.05, 4.69) is 15.0 Å². The highest BCUT2D eigenvalue weighted by molar-refractivity contribution is 6.02. The summed E-state index contributed by atoms with van der Waals surface area (Å²) in [7, 11) is 4.04. The summed E-state index contributed by atoms with van der Waals surface area (Å²) in [5, 5.41) is 14.8. The second-order valence-electron chi connectivity index (χ2n) is 13.5. The van der Waals surface area contributed by atoms with Crippen LogP contribution in [-0.2, 0) is 50.2 Å². The van der Waals surface area contributed by atoms with Crippen molar-refractivity contribution in [1.82, 2.24) is 19.5 Å². The Labute approximate surface area is 292 Å². The highest BCUT2D eigenvalue weighted by atomic mass is 16.6. The number of fused-ring (bicyclic) bond motifs is 6. The Morgan fingerprint density at radius 3 is 2.47 bits per heavy atom. The van der Waals surface area contributed by atoms with E-state index in [1.807, 2.05) is 26.2 Å². The fourth-order valence-electron chi connectivity index (χ4n) is 6.51. The molecule has 7 rings (SSSR count). The number of ether oxygens (including phenoxy) is 5. The van der Waals surface area contributed by atoms with Gasteiger partial charge in [-0.1, -0.05) is 5.16 Å². The molecule has 266 valence electrons. The van der Waals surface area contributed by atoms with Crippen LogP contribution in [-0.4, -0.2) is 77.2 Å². The van der Waals surface area contributed by atoms with Crippen molar-refractivity contribution in [2.45, 2.75) is 58.3 Å². The Bertz CT molecular complexity index is 1990. The molecule has 0 radical (unpaired) electrons. The largest absolute Gasteiger partial charge is 0.493 e. The lowest BCUT2D eigenvalue weighted by atomic mass is 9.91. The highest BCUT2D eigenvalue weighted by Crippen LogP contribution is 2.46. The van der Waals surface area contributed by atoms with Crippen molar-refractivity contribution in [3.63, 3.8) is 0 Å². The van der Waals surface area contributed by atoms with Crippen molar-refractivity contribution in [3.8, 4) is 29.2 Å². The topological polar surface area (TPSA) is 176 Å². The van der Waals surface area contributed by atoms with Crippen LogP contribution in [0.4, 0.5) is 0 Å². The van der Waals surface area contributed by atoms with Crippen LogP contribution < -0.4 is 18.9 Å². The maximum Gasteiger partial charge on any atom is 0.355 e. The molecule has 2 fully saturated rings. The number of aromatic nitrogens is 2. The van der Waals surface area contributed by atoms with E-state index in [9.17, 15) is 24.4 Å². The monoisotopic (exact) mass is 699 g/mol.